The third-order valence-electron chi connectivity index (χ3n) is 3.96. The number of benzene rings is 1. The number of esters is 1. The van der Waals surface area contributed by atoms with Crippen LogP contribution in [-0.4, -0.2) is 18.0 Å². The summed E-state index contributed by atoms with van der Waals surface area (Å²) in [6, 6.07) is 8.67. The molecule has 1 amide bonds. The third kappa shape index (κ3) is 3.97. The monoisotopic (exact) mass is 363 g/mol. The molecule has 1 aromatic carbocycles. The molecule has 3 rings (SSSR count). The van der Waals surface area contributed by atoms with Gasteiger partial charge in [0.15, 0.2) is 6.10 Å². The molecule has 0 spiro atoms. The van der Waals surface area contributed by atoms with Crippen molar-refractivity contribution in [1.82, 2.24) is 0 Å². The van der Waals surface area contributed by atoms with Crippen LogP contribution in [0.2, 0.25) is 5.02 Å². The number of ether oxygens (including phenoxy) is 1. The van der Waals surface area contributed by atoms with Crippen molar-refractivity contribution in [1.29, 1.82) is 0 Å². The number of amides is 1. The number of aryl methyl sites for hydroxylation is 2. The van der Waals surface area contributed by atoms with E-state index in [0.29, 0.717) is 15.6 Å². The summed E-state index contributed by atoms with van der Waals surface area (Å²) in [6.07, 6.45) is 3.51. The van der Waals surface area contributed by atoms with Gasteiger partial charge < -0.3 is 10.1 Å². The quantitative estimate of drug-likeness (QED) is 0.815. The molecule has 0 aliphatic heterocycles. The number of halogens is 1. The summed E-state index contributed by atoms with van der Waals surface area (Å²) in [5.74, 6) is -0.805. The number of rotatable bonds is 4. The van der Waals surface area contributed by atoms with Gasteiger partial charge in [-0.05, 0) is 68.5 Å². The Morgan fingerprint density at radius 2 is 1.92 bits per heavy atom. The van der Waals surface area contributed by atoms with E-state index in [9.17, 15) is 9.59 Å². The van der Waals surface area contributed by atoms with E-state index in [1.165, 1.54) is 28.2 Å². The SMILES string of the molecule is C[C@H](OC(=O)c1cc2c(s1)CCCC2)C(=O)Nc1ccc(Cl)cc1. The Labute approximate surface area is 149 Å². The average Bonchev–Trinajstić information content (AvgIpc) is 3.01. The van der Waals surface area contributed by atoms with Gasteiger partial charge in [0.2, 0.25) is 0 Å². The van der Waals surface area contributed by atoms with Gasteiger partial charge in [0.05, 0.1) is 0 Å². The van der Waals surface area contributed by atoms with Crippen molar-refractivity contribution in [3.63, 3.8) is 0 Å². The molecule has 6 heteroatoms. The Morgan fingerprint density at radius 1 is 1.21 bits per heavy atom. The number of anilines is 1. The maximum absolute atomic E-state index is 12.3. The van der Waals surface area contributed by atoms with Crippen LogP contribution in [0.25, 0.3) is 0 Å². The van der Waals surface area contributed by atoms with Gasteiger partial charge in [0.1, 0.15) is 4.88 Å². The largest absolute Gasteiger partial charge is 0.448 e. The van der Waals surface area contributed by atoms with Crippen LogP contribution in [0.3, 0.4) is 0 Å². The number of thiophene rings is 1. The molecule has 1 aliphatic carbocycles. The maximum atomic E-state index is 12.3. The standard InChI is InChI=1S/C18H18ClNO3S/c1-11(17(21)20-14-8-6-13(19)7-9-14)23-18(22)16-10-12-4-2-3-5-15(12)24-16/h6-11H,2-5H2,1H3,(H,20,21)/t11-/m0/s1. The van der Waals surface area contributed by atoms with E-state index >= 15 is 0 Å². The molecule has 0 saturated carbocycles. The van der Waals surface area contributed by atoms with E-state index in [0.717, 1.165) is 19.3 Å². The molecular formula is C18H18ClNO3S. The zero-order chi connectivity index (χ0) is 17.1. The Kier molecular flexibility index (Phi) is 5.21. The van der Waals surface area contributed by atoms with Gasteiger partial charge in [-0.2, -0.15) is 0 Å². The smallest absolute Gasteiger partial charge is 0.349 e. The predicted octanol–water partition coefficient (Wildman–Crippen LogP) is 4.46. The molecule has 0 unspecified atom stereocenters. The van der Waals surface area contributed by atoms with Crippen molar-refractivity contribution in [2.75, 3.05) is 5.32 Å². The highest BCUT2D eigenvalue weighted by atomic mass is 35.5. The first kappa shape index (κ1) is 17.0. The van der Waals surface area contributed by atoms with Gasteiger partial charge in [0, 0.05) is 15.6 Å². The second-order valence-corrected chi connectivity index (χ2v) is 7.38. The number of hydrogen-bond donors (Lipinski definition) is 1. The molecule has 4 nitrogen and oxygen atoms in total. The number of nitrogens with one attached hydrogen (secondary N) is 1. The molecule has 2 aromatic rings. The molecule has 1 aliphatic rings. The van der Waals surface area contributed by atoms with Gasteiger partial charge in [-0.15, -0.1) is 11.3 Å². The van der Waals surface area contributed by atoms with E-state index in [2.05, 4.69) is 5.32 Å². The normalized spacial score (nSPS) is 14.6. The lowest BCUT2D eigenvalue weighted by atomic mass is 9.99. The van der Waals surface area contributed by atoms with Crippen LogP contribution in [0.4, 0.5) is 5.69 Å². The first-order valence-corrected chi connectivity index (χ1v) is 9.11. The fourth-order valence-corrected chi connectivity index (χ4v) is 3.90. The maximum Gasteiger partial charge on any atom is 0.349 e. The predicted molar refractivity (Wildman–Crippen MR) is 95.9 cm³/mol. The molecule has 24 heavy (non-hydrogen) atoms. The lowest BCUT2D eigenvalue weighted by Gasteiger charge is -2.13. The van der Waals surface area contributed by atoms with Crippen LogP contribution in [0.15, 0.2) is 30.3 Å². The van der Waals surface area contributed by atoms with Gasteiger partial charge in [-0.3, -0.25) is 4.79 Å². The highest BCUT2D eigenvalue weighted by Gasteiger charge is 2.22. The highest BCUT2D eigenvalue weighted by molar-refractivity contribution is 7.14. The summed E-state index contributed by atoms with van der Waals surface area (Å²) in [4.78, 5) is 26.3. The summed E-state index contributed by atoms with van der Waals surface area (Å²) in [7, 11) is 0. The molecule has 0 saturated heterocycles. The molecule has 1 atom stereocenters. The fourth-order valence-electron chi connectivity index (χ4n) is 2.64. The van der Waals surface area contributed by atoms with Crippen molar-refractivity contribution in [2.45, 2.75) is 38.7 Å². The number of carbonyl (C=O) groups is 2. The van der Waals surface area contributed by atoms with E-state index < -0.39 is 12.1 Å². The van der Waals surface area contributed by atoms with Crippen LogP contribution < -0.4 is 5.32 Å². The van der Waals surface area contributed by atoms with E-state index in [-0.39, 0.29) is 5.91 Å². The molecule has 1 heterocycles. The summed E-state index contributed by atoms with van der Waals surface area (Å²) in [6.45, 7) is 1.57. The summed E-state index contributed by atoms with van der Waals surface area (Å²) in [5.41, 5.74) is 1.86. The minimum Gasteiger partial charge on any atom is -0.448 e. The summed E-state index contributed by atoms with van der Waals surface area (Å²) in [5, 5.41) is 3.30. The Hall–Kier alpha value is -1.85. The topological polar surface area (TPSA) is 55.4 Å². The van der Waals surface area contributed by atoms with Crippen molar-refractivity contribution in [2.24, 2.45) is 0 Å². The van der Waals surface area contributed by atoms with E-state index in [1.54, 1.807) is 31.2 Å². The lowest BCUT2D eigenvalue weighted by molar-refractivity contribution is -0.123. The average molecular weight is 364 g/mol. The van der Waals surface area contributed by atoms with E-state index in [4.69, 9.17) is 16.3 Å². The molecule has 126 valence electrons. The first-order chi connectivity index (χ1) is 11.5. The zero-order valence-electron chi connectivity index (χ0n) is 13.3. The summed E-state index contributed by atoms with van der Waals surface area (Å²) >= 11 is 7.29. The van der Waals surface area contributed by atoms with Crippen molar-refractivity contribution >= 4 is 40.5 Å². The van der Waals surface area contributed by atoms with Gasteiger partial charge >= 0.3 is 5.97 Å². The minimum atomic E-state index is -0.868. The first-order valence-electron chi connectivity index (χ1n) is 7.92. The number of fused-ring (bicyclic) bond motifs is 1. The second kappa shape index (κ2) is 7.36. The van der Waals surface area contributed by atoms with Crippen LogP contribution in [0, 0.1) is 0 Å². The van der Waals surface area contributed by atoms with Crippen molar-refractivity contribution in [3.8, 4) is 0 Å². The van der Waals surface area contributed by atoms with Crippen LogP contribution in [-0.2, 0) is 22.4 Å². The molecule has 0 bridgehead atoms. The van der Waals surface area contributed by atoms with Crippen LogP contribution in [0.1, 0.15) is 39.9 Å². The van der Waals surface area contributed by atoms with E-state index in [1.807, 2.05) is 6.07 Å². The second-order valence-electron chi connectivity index (χ2n) is 5.81. The molecular weight excluding hydrogens is 346 g/mol. The molecule has 1 N–H and O–H groups in total. The van der Waals surface area contributed by atoms with Gasteiger partial charge in [-0.25, -0.2) is 4.79 Å². The Balaban J connectivity index is 1.60. The number of carbonyl (C=O) groups excluding carboxylic acids is 2. The van der Waals surface area contributed by atoms with Crippen molar-refractivity contribution in [3.05, 3.63) is 50.7 Å². The summed E-state index contributed by atoms with van der Waals surface area (Å²) < 4.78 is 5.31. The van der Waals surface area contributed by atoms with Crippen LogP contribution in [0.5, 0.6) is 0 Å². The van der Waals surface area contributed by atoms with Crippen LogP contribution >= 0.6 is 22.9 Å². The Morgan fingerprint density at radius 3 is 2.62 bits per heavy atom. The molecule has 0 radical (unpaired) electrons. The zero-order valence-corrected chi connectivity index (χ0v) is 14.9. The van der Waals surface area contributed by atoms with Crippen molar-refractivity contribution < 1.29 is 14.3 Å². The Bertz CT molecular complexity index is 731. The number of hydrogen-bond acceptors (Lipinski definition) is 4. The third-order valence-corrected chi connectivity index (χ3v) is 5.43. The van der Waals surface area contributed by atoms with Gasteiger partial charge in [0.25, 0.3) is 5.91 Å². The molecule has 1 aromatic heterocycles. The lowest BCUT2D eigenvalue weighted by Crippen LogP contribution is -2.29. The minimum absolute atomic E-state index is 0.369. The molecule has 0 fully saturated rings. The highest BCUT2D eigenvalue weighted by Crippen LogP contribution is 2.30. The van der Waals surface area contributed by atoms with Gasteiger partial charge in [-0.1, -0.05) is 11.6 Å². The fraction of sp³-hybridized carbons (Fsp3) is 0.333.